The van der Waals surface area contributed by atoms with Crippen molar-refractivity contribution in [1.82, 2.24) is 19.2 Å². The van der Waals surface area contributed by atoms with Crippen LogP contribution in [-0.4, -0.2) is 26.3 Å². The monoisotopic (exact) mass is 464 g/mol. The first-order valence-corrected chi connectivity index (χ1v) is 11.7. The Morgan fingerprint density at radius 3 is 2.59 bits per heavy atom. The molecule has 6 nitrogen and oxygen atoms in total. The van der Waals surface area contributed by atoms with Gasteiger partial charge < -0.3 is 4.74 Å². The average Bonchev–Trinajstić information content (AvgIpc) is 3.53. The minimum atomic E-state index is -0.0713. The van der Waals surface area contributed by atoms with Crippen LogP contribution in [0.5, 0.6) is 5.75 Å². The Hall–Kier alpha value is -4.23. The van der Waals surface area contributed by atoms with Gasteiger partial charge in [0.05, 0.1) is 28.4 Å². The third-order valence-electron chi connectivity index (χ3n) is 5.86. The predicted molar refractivity (Wildman–Crippen MR) is 136 cm³/mol. The van der Waals surface area contributed by atoms with E-state index in [1.807, 2.05) is 90.6 Å². The summed E-state index contributed by atoms with van der Waals surface area (Å²) in [5.41, 5.74) is 6.16. The van der Waals surface area contributed by atoms with E-state index in [2.05, 4.69) is 11.1 Å². The molecule has 0 aliphatic rings. The van der Waals surface area contributed by atoms with Gasteiger partial charge in [-0.2, -0.15) is 5.10 Å². The van der Waals surface area contributed by atoms with Gasteiger partial charge in [-0.15, -0.1) is 0 Å². The quantitative estimate of drug-likeness (QED) is 0.382. The Morgan fingerprint density at radius 2 is 1.79 bits per heavy atom. The fraction of sp³-hybridized carbons (Fsp3) is 0.0741. The van der Waals surface area contributed by atoms with Crippen LogP contribution in [0.3, 0.4) is 0 Å². The number of hydrogen-bond donors (Lipinski definition) is 0. The maximum Gasteiger partial charge on any atom is 0.274 e. The van der Waals surface area contributed by atoms with Crippen molar-refractivity contribution in [2.45, 2.75) is 6.92 Å². The number of aryl methyl sites for hydroxylation is 1. The zero-order chi connectivity index (χ0) is 23.2. The number of ether oxygens (including phenoxy) is 1. The number of rotatable bonds is 4. The predicted octanol–water partition coefficient (Wildman–Crippen LogP) is 4.63. The zero-order valence-electron chi connectivity index (χ0n) is 18.6. The first kappa shape index (κ1) is 20.4. The second-order valence-electron chi connectivity index (χ2n) is 8.03. The SMILES string of the molecule is COc1ccc(-c2nn(-c3ccccc3)cc2C=c2sc3nc4ccccc4n3c2=O)cc1C. The van der Waals surface area contributed by atoms with Gasteiger partial charge in [0, 0.05) is 17.3 Å². The average molecular weight is 465 g/mol. The highest BCUT2D eigenvalue weighted by Gasteiger charge is 2.15. The molecular formula is C27H20N4O2S. The molecule has 166 valence electrons. The Kier molecular flexibility index (Phi) is 4.78. The first-order chi connectivity index (χ1) is 16.6. The number of methoxy groups -OCH3 is 1. The van der Waals surface area contributed by atoms with Crippen molar-refractivity contribution < 1.29 is 4.74 Å². The number of imidazole rings is 1. The summed E-state index contributed by atoms with van der Waals surface area (Å²) in [5, 5.41) is 4.89. The normalized spacial score (nSPS) is 12.1. The van der Waals surface area contributed by atoms with E-state index in [0.29, 0.717) is 9.49 Å². The first-order valence-electron chi connectivity index (χ1n) is 10.8. The summed E-state index contributed by atoms with van der Waals surface area (Å²) in [5.74, 6) is 0.824. The van der Waals surface area contributed by atoms with Crippen molar-refractivity contribution in [3.63, 3.8) is 0 Å². The molecule has 0 fully saturated rings. The summed E-state index contributed by atoms with van der Waals surface area (Å²) in [6.07, 6.45) is 3.88. The Bertz CT molecular complexity index is 1780. The van der Waals surface area contributed by atoms with Crippen LogP contribution in [0.2, 0.25) is 0 Å². The maximum absolute atomic E-state index is 13.3. The molecule has 3 heterocycles. The molecule has 6 rings (SSSR count). The van der Waals surface area contributed by atoms with Gasteiger partial charge >= 0.3 is 0 Å². The molecule has 0 saturated carbocycles. The Morgan fingerprint density at radius 1 is 1.00 bits per heavy atom. The second kappa shape index (κ2) is 7.97. The largest absolute Gasteiger partial charge is 0.496 e. The van der Waals surface area contributed by atoms with Crippen LogP contribution in [0.1, 0.15) is 11.1 Å². The maximum atomic E-state index is 13.3. The van der Waals surface area contributed by atoms with Gasteiger partial charge in [-0.1, -0.05) is 41.7 Å². The van der Waals surface area contributed by atoms with Crippen LogP contribution in [-0.2, 0) is 0 Å². The molecule has 0 amide bonds. The molecule has 0 N–H and O–H groups in total. The fourth-order valence-corrected chi connectivity index (χ4v) is 5.19. The summed E-state index contributed by atoms with van der Waals surface area (Å²) in [4.78, 5) is 18.6. The minimum Gasteiger partial charge on any atom is -0.496 e. The summed E-state index contributed by atoms with van der Waals surface area (Å²) in [6, 6.07) is 23.6. The lowest BCUT2D eigenvalue weighted by molar-refractivity contribution is 0.412. The number of fused-ring (bicyclic) bond motifs is 3. The molecule has 7 heteroatoms. The van der Waals surface area contributed by atoms with E-state index in [4.69, 9.17) is 9.84 Å². The van der Waals surface area contributed by atoms with Crippen LogP contribution < -0.4 is 14.8 Å². The minimum absolute atomic E-state index is 0.0713. The smallest absolute Gasteiger partial charge is 0.274 e. The molecular weight excluding hydrogens is 444 g/mol. The van der Waals surface area contributed by atoms with Gasteiger partial charge in [-0.05, 0) is 61.0 Å². The van der Waals surface area contributed by atoms with E-state index < -0.39 is 0 Å². The van der Waals surface area contributed by atoms with Crippen molar-refractivity contribution in [3.05, 3.63) is 105 Å². The van der Waals surface area contributed by atoms with E-state index in [1.165, 1.54) is 11.3 Å². The zero-order valence-corrected chi connectivity index (χ0v) is 19.4. The summed E-state index contributed by atoms with van der Waals surface area (Å²) in [7, 11) is 1.66. The van der Waals surface area contributed by atoms with Crippen molar-refractivity contribution in [2.24, 2.45) is 0 Å². The number of nitrogens with zero attached hydrogens (tertiary/aromatic N) is 4. The summed E-state index contributed by atoms with van der Waals surface area (Å²) in [6.45, 7) is 2.01. The molecule has 0 aliphatic carbocycles. The van der Waals surface area contributed by atoms with Gasteiger partial charge in [0.15, 0.2) is 4.96 Å². The van der Waals surface area contributed by atoms with Crippen molar-refractivity contribution in [3.8, 4) is 22.7 Å². The molecule has 3 aromatic heterocycles. The second-order valence-corrected chi connectivity index (χ2v) is 9.04. The molecule has 0 unspecified atom stereocenters. The van der Waals surface area contributed by atoms with Crippen molar-refractivity contribution in [1.29, 1.82) is 0 Å². The van der Waals surface area contributed by atoms with E-state index >= 15 is 0 Å². The highest BCUT2D eigenvalue weighted by molar-refractivity contribution is 7.15. The van der Waals surface area contributed by atoms with Crippen LogP contribution in [0, 0.1) is 6.92 Å². The van der Waals surface area contributed by atoms with Crippen LogP contribution in [0.15, 0.2) is 83.8 Å². The van der Waals surface area contributed by atoms with E-state index in [1.54, 1.807) is 11.5 Å². The van der Waals surface area contributed by atoms with E-state index in [9.17, 15) is 4.79 Å². The van der Waals surface area contributed by atoms with Crippen LogP contribution in [0.4, 0.5) is 0 Å². The molecule has 3 aromatic carbocycles. The van der Waals surface area contributed by atoms with E-state index in [-0.39, 0.29) is 5.56 Å². The molecule has 0 spiro atoms. The lowest BCUT2D eigenvalue weighted by atomic mass is 10.0. The summed E-state index contributed by atoms with van der Waals surface area (Å²) >= 11 is 1.39. The number of aromatic nitrogens is 4. The topological polar surface area (TPSA) is 61.4 Å². The molecule has 0 bridgehead atoms. The molecule has 0 atom stereocenters. The van der Waals surface area contributed by atoms with Crippen molar-refractivity contribution >= 4 is 33.4 Å². The molecule has 34 heavy (non-hydrogen) atoms. The highest BCUT2D eigenvalue weighted by Crippen LogP contribution is 2.29. The number of benzene rings is 3. The lowest BCUT2D eigenvalue weighted by Gasteiger charge is -2.06. The number of para-hydroxylation sites is 3. The molecule has 0 radical (unpaired) electrons. The van der Waals surface area contributed by atoms with Crippen LogP contribution in [0.25, 0.3) is 39.0 Å². The molecule has 0 aliphatic heterocycles. The van der Waals surface area contributed by atoms with Gasteiger partial charge in [0.25, 0.3) is 5.56 Å². The number of thiazole rings is 1. The fourth-order valence-electron chi connectivity index (χ4n) is 4.21. The number of hydrogen-bond acceptors (Lipinski definition) is 5. The van der Waals surface area contributed by atoms with Gasteiger partial charge in [-0.3, -0.25) is 4.79 Å². The van der Waals surface area contributed by atoms with E-state index in [0.717, 1.165) is 44.9 Å². The molecule has 0 saturated heterocycles. The van der Waals surface area contributed by atoms with Gasteiger partial charge in [0.2, 0.25) is 0 Å². The summed E-state index contributed by atoms with van der Waals surface area (Å²) < 4.78 is 9.58. The third kappa shape index (κ3) is 3.29. The van der Waals surface area contributed by atoms with Crippen LogP contribution >= 0.6 is 11.3 Å². The standard InChI is InChI=1S/C27H20N4O2S/c1-17-14-18(12-13-23(17)33-2)25-19(16-30(29-25)20-8-4-3-5-9-20)15-24-26(32)31-22-11-7-6-10-21(22)28-27(31)34-24/h3-16H,1-2H3. The Labute approximate surface area is 199 Å². The van der Waals surface area contributed by atoms with Gasteiger partial charge in [0.1, 0.15) is 11.4 Å². The lowest BCUT2D eigenvalue weighted by Crippen LogP contribution is -2.22. The van der Waals surface area contributed by atoms with Crippen molar-refractivity contribution in [2.75, 3.05) is 7.11 Å². The highest BCUT2D eigenvalue weighted by atomic mass is 32.1. The Balaban J connectivity index is 1.58. The third-order valence-corrected chi connectivity index (χ3v) is 6.83. The van der Waals surface area contributed by atoms with Gasteiger partial charge in [-0.25, -0.2) is 14.1 Å². The molecule has 6 aromatic rings.